The predicted molar refractivity (Wildman–Crippen MR) is 66.2 cm³/mol. The maximum absolute atomic E-state index is 12.7. The summed E-state index contributed by atoms with van der Waals surface area (Å²) in [6.07, 6.45) is -4.33. The first kappa shape index (κ1) is 13.5. The summed E-state index contributed by atoms with van der Waals surface area (Å²) in [6.45, 7) is 0.267. The minimum atomic E-state index is -4.53. The van der Waals surface area contributed by atoms with Crippen molar-refractivity contribution >= 4 is 35.8 Å². The molecule has 1 saturated heterocycles. The Morgan fingerprint density at radius 3 is 2.56 bits per heavy atom. The number of hydrogen-bond donors (Lipinski definition) is 1. The Morgan fingerprint density at radius 1 is 1.39 bits per heavy atom. The summed E-state index contributed by atoms with van der Waals surface area (Å²) in [5, 5.41) is -0.621. The third kappa shape index (κ3) is 2.44. The number of amides is 1. The van der Waals surface area contributed by atoms with Crippen LogP contribution in [-0.4, -0.2) is 17.7 Å². The fourth-order valence-corrected chi connectivity index (χ4v) is 2.52. The van der Waals surface area contributed by atoms with Crippen molar-refractivity contribution in [3.8, 4) is 0 Å². The minimum Gasteiger partial charge on any atom is -0.310 e. The fraction of sp³-hybridized carbons (Fsp3) is 0.364. The molecule has 2 nitrogen and oxygen atoms in total. The second-order valence-corrected chi connectivity index (χ2v) is 5.11. The monoisotopic (exact) mass is 295 g/mol. The molecule has 1 heterocycles. The van der Waals surface area contributed by atoms with Crippen LogP contribution < -0.4 is 4.90 Å². The molecule has 0 saturated carbocycles. The molecule has 0 aliphatic carbocycles. The largest absolute Gasteiger partial charge is 0.417 e. The molecule has 0 spiro atoms. The summed E-state index contributed by atoms with van der Waals surface area (Å²) >= 11 is 9.90. The van der Waals surface area contributed by atoms with E-state index >= 15 is 0 Å². The Labute approximate surface area is 112 Å². The van der Waals surface area contributed by atoms with E-state index in [1.54, 1.807) is 0 Å². The number of rotatable bonds is 1. The lowest BCUT2D eigenvalue weighted by molar-refractivity contribution is -0.137. The van der Waals surface area contributed by atoms with E-state index in [4.69, 9.17) is 11.6 Å². The second kappa shape index (κ2) is 4.66. The lowest BCUT2D eigenvalue weighted by atomic mass is 10.2. The third-order valence-corrected chi connectivity index (χ3v) is 3.42. The summed E-state index contributed by atoms with van der Waals surface area (Å²) < 4.78 is 38.1. The van der Waals surface area contributed by atoms with Gasteiger partial charge < -0.3 is 4.90 Å². The van der Waals surface area contributed by atoms with Crippen LogP contribution in [0.5, 0.6) is 0 Å². The van der Waals surface area contributed by atoms with Crippen molar-refractivity contribution in [3.05, 3.63) is 28.8 Å². The molecule has 1 aromatic rings. The van der Waals surface area contributed by atoms with E-state index in [-0.39, 0.29) is 29.8 Å². The zero-order valence-corrected chi connectivity index (χ0v) is 10.7. The van der Waals surface area contributed by atoms with E-state index in [9.17, 15) is 18.0 Å². The van der Waals surface area contributed by atoms with Gasteiger partial charge in [0.2, 0.25) is 5.91 Å². The van der Waals surface area contributed by atoms with Crippen molar-refractivity contribution in [2.75, 3.05) is 11.4 Å². The smallest absolute Gasteiger partial charge is 0.310 e. The molecule has 1 fully saturated rings. The molecule has 2 rings (SSSR count). The molecule has 1 atom stereocenters. The van der Waals surface area contributed by atoms with Gasteiger partial charge in [-0.3, -0.25) is 4.79 Å². The highest BCUT2D eigenvalue weighted by atomic mass is 35.5. The van der Waals surface area contributed by atoms with Crippen LogP contribution in [-0.2, 0) is 11.0 Å². The maximum Gasteiger partial charge on any atom is 0.417 e. The highest BCUT2D eigenvalue weighted by molar-refractivity contribution is 7.81. The summed E-state index contributed by atoms with van der Waals surface area (Å²) in [6, 6.07) is 3.54. The normalized spacial score (nSPS) is 20.6. The van der Waals surface area contributed by atoms with Gasteiger partial charge in [-0.1, -0.05) is 17.7 Å². The number of nitrogens with zero attached hydrogens (tertiary/aromatic N) is 1. The lowest BCUT2D eigenvalue weighted by Gasteiger charge is -2.20. The zero-order valence-electron chi connectivity index (χ0n) is 9.04. The van der Waals surface area contributed by atoms with Crippen molar-refractivity contribution < 1.29 is 18.0 Å². The predicted octanol–water partition coefficient (Wildman–Crippen LogP) is 3.39. The summed E-state index contributed by atoms with van der Waals surface area (Å²) in [4.78, 5) is 12.9. The molecule has 0 N–H and O–H groups in total. The molecule has 0 aromatic heterocycles. The fourth-order valence-electron chi connectivity index (χ4n) is 1.87. The van der Waals surface area contributed by atoms with E-state index in [1.807, 2.05) is 0 Å². The van der Waals surface area contributed by atoms with Crippen LogP contribution in [0.3, 0.4) is 0 Å². The molecule has 98 valence electrons. The van der Waals surface area contributed by atoms with Gasteiger partial charge in [-0.15, -0.1) is 0 Å². The first-order chi connectivity index (χ1) is 8.30. The average molecular weight is 296 g/mol. The van der Waals surface area contributed by atoms with Crippen LogP contribution in [0.15, 0.2) is 18.2 Å². The van der Waals surface area contributed by atoms with Crippen molar-refractivity contribution in [2.24, 2.45) is 0 Å². The maximum atomic E-state index is 12.7. The third-order valence-electron chi connectivity index (χ3n) is 2.68. The van der Waals surface area contributed by atoms with Crippen molar-refractivity contribution in [3.63, 3.8) is 0 Å². The van der Waals surface area contributed by atoms with E-state index in [1.165, 1.54) is 17.0 Å². The molecular formula is C11H9ClF3NOS. The van der Waals surface area contributed by atoms with E-state index in [0.29, 0.717) is 0 Å². The number of anilines is 1. The standard InChI is InChI=1S/C11H9ClF3NOS/c12-10-7(11(13,14)15)2-1-3-8(10)16-5-6(18)4-9(16)17/h1-3,6,18H,4-5H2. The average Bonchev–Trinajstić information content (AvgIpc) is 2.56. The zero-order chi connectivity index (χ0) is 13.5. The van der Waals surface area contributed by atoms with E-state index in [0.717, 1.165) is 6.07 Å². The number of halogens is 4. The quantitative estimate of drug-likeness (QED) is 0.788. The molecule has 18 heavy (non-hydrogen) atoms. The first-order valence-corrected chi connectivity index (χ1v) is 6.04. The Bertz CT molecular complexity index is 492. The Kier molecular flexibility index (Phi) is 3.51. The van der Waals surface area contributed by atoms with Crippen LogP contribution in [0.2, 0.25) is 5.02 Å². The van der Waals surface area contributed by atoms with Crippen molar-refractivity contribution in [2.45, 2.75) is 17.8 Å². The van der Waals surface area contributed by atoms with Gasteiger partial charge in [0.05, 0.1) is 16.3 Å². The SMILES string of the molecule is O=C1CC(S)CN1c1cccc(C(F)(F)F)c1Cl. The summed E-state index contributed by atoms with van der Waals surface area (Å²) in [7, 11) is 0. The Balaban J connectivity index is 2.44. The first-order valence-electron chi connectivity index (χ1n) is 5.15. The van der Waals surface area contributed by atoms with E-state index in [2.05, 4.69) is 12.6 Å². The number of carbonyl (C=O) groups excluding carboxylic acids is 1. The number of benzene rings is 1. The number of thiol groups is 1. The van der Waals surface area contributed by atoms with Crippen LogP contribution >= 0.6 is 24.2 Å². The number of carbonyl (C=O) groups is 1. The summed E-state index contributed by atoms with van der Waals surface area (Å²) in [5.41, 5.74) is -0.842. The van der Waals surface area contributed by atoms with Crippen LogP contribution in [0, 0.1) is 0 Å². The van der Waals surface area contributed by atoms with Gasteiger partial charge in [0.15, 0.2) is 0 Å². The second-order valence-electron chi connectivity index (χ2n) is 4.00. The number of alkyl halides is 3. The summed E-state index contributed by atoms with van der Waals surface area (Å²) in [5.74, 6) is -0.267. The molecular weight excluding hydrogens is 287 g/mol. The van der Waals surface area contributed by atoms with Gasteiger partial charge in [0, 0.05) is 18.2 Å². The van der Waals surface area contributed by atoms with Gasteiger partial charge in [0.25, 0.3) is 0 Å². The minimum absolute atomic E-state index is 0.0908. The van der Waals surface area contributed by atoms with Gasteiger partial charge in [-0.2, -0.15) is 25.8 Å². The van der Waals surface area contributed by atoms with Crippen LogP contribution in [0.25, 0.3) is 0 Å². The molecule has 7 heteroatoms. The molecule has 1 amide bonds. The molecule has 0 radical (unpaired) electrons. The van der Waals surface area contributed by atoms with Crippen molar-refractivity contribution in [1.82, 2.24) is 0 Å². The van der Waals surface area contributed by atoms with Crippen LogP contribution in [0.1, 0.15) is 12.0 Å². The topological polar surface area (TPSA) is 20.3 Å². The molecule has 1 aliphatic rings. The molecule has 1 aliphatic heterocycles. The lowest BCUT2D eigenvalue weighted by Crippen LogP contribution is -2.25. The Hall–Kier alpha value is -0.880. The van der Waals surface area contributed by atoms with Crippen LogP contribution in [0.4, 0.5) is 18.9 Å². The Morgan fingerprint density at radius 2 is 2.06 bits per heavy atom. The van der Waals surface area contributed by atoms with Gasteiger partial charge in [-0.25, -0.2) is 0 Å². The molecule has 0 bridgehead atoms. The van der Waals surface area contributed by atoms with Gasteiger partial charge in [-0.05, 0) is 12.1 Å². The molecule has 1 unspecified atom stereocenters. The van der Waals surface area contributed by atoms with Gasteiger partial charge >= 0.3 is 6.18 Å². The van der Waals surface area contributed by atoms with Gasteiger partial charge in [0.1, 0.15) is 0 Å². The highest BCUT2D eigenvalue weighted by Gasteiger charge is 2.36. The highest BCUT2D eigenvalue weighted by Crippen LogP contribution is 2.40. The van der Waals surface area contributed by atoms with E-state index < -0.39 is 16.8 Å². The number of hydrogen-bond acceptors (Lipinski definition) is 2. The van der Waals surface area contributed by atoms with Crippen molar-refractivity contribution in [1.29, 1.82) is 0 Å². The molecule has 1 aromatic carbocycles.